The Hall–Kier alpha value is -0.900. The van der Waals surface area contributed by atoms with Crippen LogP contribution in [0.4, 0.5) is 11.4 Å². The molecule has 3 N–H and O–H groups in total. The fraction of sp³-hybridized carbons (Fsp3) is 0.231. The Morgan fingerprint density at radius 1 is 1.33 bits per heavy atom. The molecule has 0 fully saturated rings. The average Bonchev–Trinajstić information content (AvgIpc) is 2.81. The molecule has 0 amide bonds. The largest absolute Gasteiger partial charge is 0.399 e. The van der Waals surface area contributed by atoms with Gasteiger partial charge in [0, 0.05) is 10.6 Å². The smallest absolute Gasteiger partial charge is 0.0725 e. The molecule has 2 aromatic rings. The van der Waals surface area contributed by atoms with Crippen molar-refractivity contribution in [1.29, 1.82) is 0 Å². The van der Waals surface area contributed by atoms with Crippen molar-refractivity contribution in [3.8, 4) is 0 Å². The molecular weight excluding hydrogens is 287 g/mol. The standard InChI is InChI=1S/C13H14Cl2N2S/c1-2-11(12-4-3-5-18-12)17-13-9(14)6-8(16)7-10(13)15/h3-7,11,17H,2,16H2,1H3. The monoisotopic (exact) mass is 300 g/mol. The molecule has 2 rings (SSSR count). The number of hydrogen-bond acceptors (Lipinski definition) is 3. The molecule has 0 aliphatic heterocycles. The van der Waals surface area contributed by atoms with Gasteiger partial charge in [-0.2, -0.15) is 0 Å². The lowest BCUT2D eigenvalue weighted by atomic mass is 10.1. The third kappa shape index (κ3) is 2.91. The van der Waals surface area contributed by atoms with Gasteiger partial charge < -0.3 is 11.1 Å². The maximum Gasteiger partial charge on any atom is 0.0725 e. The maximum absolute atomic E-state index is 6.17. The molecule has 0 radical (unpaired) electrons. The van der Waals surface area contributed by atoms with Gasteiger partial charge in [-0.05, 0) is 30.0 Å². The Morgan fingerprint density at radius 2 is 2.00 bits per heavy atom. The van der Waals surface area contributed by atoms with E-state index in [1.54, 1.807) is 23.5 Å². The van der Waals surface area contributed by atoms with Crippen molar-refractivity contribution >= 4 is 45.9 Å². The minimum atomic E-state index is 0.212. The SMILES string of the molecule is CCC(Nc1c(Cl)cc(N)cc1Cl)c1cccs1. The lowest BCUT2D eigenvalue weighted by Crippen LogP contribution is -2.09. The number of benzene rings is 1. The summed E-state index contributed by atoms with van der Waals surface area (Å²) in [6, 6.07) is 7.76. The second-order valence-corrected chi connectivity index (χ2v) is 5.77. The topological polar surface area (TPSA) is 38.0 Å². The summed E-state index contributed by atoms with van der Waals surface area (Å²) in [6.45, 7) is 2.12. The fourth-order valence-electron chi connectivity index (χ4n) is 1.77. The van der Waals surface area contributed by atoms with Crippen LogP contribution >= 0.6 is 34.5 Å². The zero-order valence-electron chi connectivity index (χ0n) is 9.91. The second kappa shape index (κ2) is 5.83. The van der Waals surface area contributed by atoms with Crippen molar-refractivity contribution in [3.63, 3.8) is 0 Å². The predicted molar refractivity (Wildman–Crippen MR) is 81.8 cm³/mol. The van der Waals surface area contributed by atoms with E-state index >= 15 is 0 Å². The molecular formula is C13H14Cl2N2S. The third-order valence-electron chi connectivity index (χ3n) is 2.68. The van der Waals surface area contributed by atoms with E-state index in [0.717, 1.165) is 12.1 Å². The molecule has 1 aromatic carbocycles. The van der Waals surface area contributed by atoms with Crippen LogP contribution in [0, 0.1) is 0 Å². The van der Waals surface area contributed by atoms with Gasteiger partial charge in [-0.15, -0.1) is 11.3 Å². The summed E-state index contributed by atoms with van der Waals surface area (Å²) in [5.41, 5.74) is 7.00. The van der Waals surface area contributed by atoms with E-state index in [2.05, 4.69) is 23.7 Å². The van der Waals surface area contributed by atoms with Crippen LogP contribution in [0.25, 0.3) is 0 Å². The van der Waals surface area contributed by atoms with Gasteiger partial charge >= 0.3 is 0 Å². The van der Waals surface area contributed by atoms with Crippen LogP contribution in [0.1, 0.15) is 24.3 Å². The molecule has 2 nitrogen and oxygen atoms in total. The molecule has 1 unspecified atom stereocenters. The van der Waals surface area contributed by atoms with Gasteiger partial charge in [0.1, 0.15) is 0 Å². The number of hydrogen-bond donors (Lipinski definition) is 2. The van der Waals surface area contributed by atoms with Crippen molar-refractivity contribution in [2.75, 3.05) is 11.1 Å². The zero-order chi connectivity index (χ0) is 13.1. The molecule has 0 bridgehead atoms. The first-order valence-electron chi connectivity index (χ1n) is 5.66. The van der Waals surface area contributed by atoms with E-state index in [4.69, 9.17) is 28.9 Å². The lowest BCUT2D eigenvalue weighted by Gasteiger charge is -2.19. The van der Waals surface area contributed by atoms with Gasteiger partial charge in [0.15, 0.2) is 0 Å². The molecule has 1 atom stereocenters. The Labute approximate surface area is 121 Å². The number of halogens is 2. The minimum absolute atomic E-state index is 0.212. The minimum Gasteiger partial charge on any atom is -0.399 e. The first-order valence-corrected chi connectivity index (χ1v) is 7.29. The van der Waals surface area contributed by atoms with Gasteiger partial charge in [0.05, 0.1) is 21.8 Å². The van der Waals surface area contributed by atoms with Gasteiger partial charge in [-0.25, -0.2) is 0 Å². The normalized spacial score (nSPS) is 12.4. The lowest BCUT2D eigenvalue weighted by molar-refractivity contribution is 0.764. The van der Waals surface area contributed by atoms with Gasteiger partial charge in [0.25, 0.3) is 0 Å². The highest BCUT2D eigenvalue weighted by atomic mass is 35.5. The number of nitrogens with two attached hydrogens (primary N) is 1. The molecule has 0 saturated heterocycles. The Morgan fingerprint density at radius 3 is 2.50 bits per heavy atom. The van der Waals surface area contributed by atoms with Gasteiger partial charge in [0.2, 0.25) is 0 Å². The summed E-state index contributed by atoms with van der Waals surface area (Å²) in [5, 5.41) is 6.55. The van der Waals surface area contributed by atoms with E-state index in [-0.39, 0.29) is 6.04 Å². The van der Waals surface area contributed by atoms with Crippen molar-refractivity contribution < 1.29 is 0 Å². The molecule has 1 heterocycles. The van der Waals surface area contributed by atoms with Crippen LogP contribution in [0.5, 0.6) is 0 Å². The quantitative estimate of drug-likeness (QED) is 0.762. The summed E-state index contributed by atoms with van der Waals surface area (Å²) in [5.74, 6) is 0. The number of thiophene rings is 1. The summed E-state index contributed by atoms with van der Waals surface area (Å²) in [7, 11) is 0. The molecule has 0 aliphatic carbocycles. The van der Waals surface area contributed by atoms with Gasteiger partial charge in [-0.3, -0.25) is 0 Å². The van der Waals surface area contributed by atoms with Gasteiger partial charge in [-0.1, -0.05) is 36.2 Å². The van der Waals surface area contributed by atoms with Crippen molar-refractivity contribution in [1.82, 2.24) is 0 Å². The van der Waals surface area contributed by atoms with Crippen LogP contribution in [0.2, 0.25) is 10.0 Å². The maximum atomic E-state index is 6.17. The summed E-state index contributed by atoms with van der Waals surface area (Å²) in [6.07, 6.45) is 0.956. The third-order valence-corrected chi connectivity index (χ3v) is 4.26. The molecule has 0 saturated carbocycles. The van der Waals surface area contributed by atoms with Crippen LogP contribution in [0.3, 0.4) is 0 Å². The van der Waals surface area contributed by atoms with E-state index < -0.39 is 0 Å². The highest BCUT2D eigenvalue weighted by Crippen LogP contribution is 2.36. The second-order valence-electron chi connectivity index (χ2n) is 3.98. The molecule has 0 spiro atoms. The van der Waals surface area contributed by atoms with Crippen LogP contribution in [-0.4, -0.2) is 0 Å². The highest BCUT2D eigenvalue weighted by molar-refractivity contribution is 7.10. The zero-order valence-corrected chi connectivity index (χ0v) is 12.2. The molecule has 0 aliphatic rings. The Balaban J connectivity index is 2.28. The first kappa shape index (κ1) is 13.5. The molecule has 1 aromatic heterocycles. The van der Waals surface area contributed by atoms with E-state index in [1.165, 1.54) is 4.88 Å². The van der Waals surface area contributed by atoms with E-state index in [9.17, 15) is 0 Å². The van der Waals surface area contributed by atoms with Crippen molar-refractivity contribution in [3.05, 3.63) is 44.6 Å². The first-order chi connectivity index (χ1) is 8.61. The molecule has 18 heavy (non-hydrogen) atoms. The predicted octanol–water partition coefficient (Wildman–Crippen LogP) is 5.20. The van der Waals surface area contributed by atoms with Crippen LogP contribution in [0.15, 0.2) is 29.6 Å². The number of anilines is 2. The molecule has 96 valence electrons. The Kier molecular flexibility index (Phi) is 4.38. The Bertz CT molecular complexity index is 503. The summed E-state index contributed by atoms with van der Waals surface area (Å²) in [4.78, 5) is 1.27. The molecule has 5 heteroatoms. The fourth-order valence-corrected chi connectivity index (χ4v) is 3.24. The van der Waals surface area contributed by atoms with E-state index in [1.807, 2.05) is 6.07 Å². The van der Waals surface area contributed by atoms with Crippen molar-refractivity contribution in [2.24, 2.45) is 0 Å². The van der Waals surface area contributed by atoms with E-state index in [0.29, 0.717) is 15.7 Å². The number of rotatable bonds is 4. The summed E-state index contributed by atoms with van der Waals surface area (Å²) >= 11 is 14.1. The number of nitrogen functional groups attached to an aromatic ring is 1. The van der Waals surface area contributed by atoms with Crippen molar-refractivity contribution in [2.45, 2.75) is 19.4 Å². The summed E-state index contributed by atoms with van der Waals surface area (Å²) < 4.78 is 0. The van der Waals surface area contributed by atoms with Crippen LogP contribution < -0.4 is 11.1 Å². The number of nitrogens with one attached hydrogen (secondary N) is 1. The van der Waals surface area contributed by atoms with Crippen LogP contribution in [-0.2, 0) is 0 Å². The highest BCUT2D eigenvalue weighted by Gasteiger charge is 2.14. The average molecular weight is 301 g/mol.